The Morgan fingerprint density at radius 3 is 2.67 bits per heavy atom. The molecule has 1 saturated carbocycles. The van der Waals surface area contributed by atoms with Crippen LogP contribution in [0.1, 0.15) is 38.5 Å². The quantitative estimate of drug-likeness (QED) is 0.445. The fourth-order valence-corrected chi connectivity index (χ4v) is 2.54. The summed E-state index contributed by atoms with van der Waals surface area (Å²) in [5.41, 5.74) is 0. The highest BCUT2D eigenvalue weighted by Gasteiger charge is 2.20. The molecule has 1 fully saturated rings. The van der Waals surface area contributed by atoms with E-state index >= 15 is 0 Å². The normalized spacial score (nSPS) is 28.0. The molecule has 0 radical (unpaired) electrons. The summed E-state index contributed by atoms with van der Waals surface area (Å²) in [7, 11) is 4.24. The monoisotopic (exact) mass is 232 g/mol. The van der Waals surface area contributed by atoms with Gasteiger partial charge >= 0.3 is 0 Å². The Kier molecular flexibility index (Phi) is 6.62. The van der Waals surface area contributed by atoms with Gasteiger partial charge in [0.1, 0.15) is 0 Å². The van der Waals surface area contributed by atoms with Crippen LogP contribution in [-0.4, -0.2) is 43.5 Å². The summed E-state index contributed by atoms with van der Waals surface area (Å²) >= 11 is 6.36. The van der Waals surface area contributed by atoms with E-state index in [9.17, 15) is 0 Å². The van der Waals surface area contributed by atoms with Crippen LogP contribution < -0.4 is 5.32 Å². The first kappa shape index (κ1) is 13.3. The van der Waals surface area contributed by atoms with Crippen LogP contribution in [0.2, 0.25) is 0 Å². The van der Waals surface area contributed by atoms with E-state index in [2.05, 4.69) is 24.3 Å². The molecular weight excluding hydrogens is 208 g/mol. The molecule has 90 valence electrons. The van der Waals surface area contributed by atoms with Crippen molar-refractivity contribution < 1.29 is 0 Å². The van der Waals surface area contributed by atoms with E-state index in [1.54, 1.807) is 0 Å². The van der Waals surface area contributed by atoms with Crippen molar-refractivity contribution in [3.05, 3.63) is 0 Å². The summed E-state index contributed by atoms with van der Waals surface area (Å²) in [5.74, 6) is 0. The molecule has 0 spiro atoms. The number of hydrogen-bond donors (Lipinski definition) is 1. The number of rotatable bonds is 5. The first-order valence-electron chi connectivity index (χ1n) is 6.22. The maximum Gasteiger partial charge on any atom is 0.0489 e. The summed E-state index contributed by atoms with van der Waals surface area (Å²) in [5, 5.41) is 3.96. The maximum absolute atomic E-state index is 6.36. The fourth-order valence-electron chi connectivity index (χ4n) is 2.18. The summed E-state index contributed by atoms with van der Waals surface area (Å²) in [4.78, 5) is 2.23. The van der Waals surface area contributed by atoms with Gasteiger partial charge in [-0.2, -0.15) is 0 Å². The van der Waals surface area contributed by atoms with Gasteiger partial charge < -0.3 is 10.2 Å². The lowest BCUT2D eigenvalue weighted by molar-refractivity contribution is 0.379. The first-order chi connectivity index (χ1) is 7.20. The van der Waals surface area contributed by atoms with Gasteiger partial charge in [-0.3, -0.25) is 0 Å². The highest BCUT2D eigenvalue weighted by atomic mass is 35.5. The Morgan fingerprint density at radius 2 is 1.93 bits per heavy atom. The lowest BCUT2D eigenvalue weighted by atomic mass is 10.1. The molecule has 2 unspecified atom stereocenters. The van der Waals surface area contributed by atoms with Gasteiger partial charge in [0.15, 0.2) is 0 Å². The summed E-state index contributed by atoms with van der Waals surface area (Å²) in [6.45, 7) is 2.26. The molecule has 1 N–H and O–H groups in total. The summed E-state index contributed by atoms with van der Waals surface area (Å²) in [6, 6.07) is 0.552. The minimum absolute atomic E-state index is 0.354. The second-order valence-corrected chi connectivity index (χ2v) is 5.43. The average molecular weight is 233 g/mol. The van der Waals surface area contributed by atoms with Crippen LogP contribution in [0.25, 0.3) is 0 Å². The molecule has 0 heterocycles. The lowest BCUT2D eigenvalue weighted by Gasteiger charge is -2.21. The molecule has 2 nitrogen and oxygen atoms in total. The zero-order valence-corrected chi connectivity index (χ0v) is 10.9. The lowest BCUT2D eigenvalue weighted by Crippen LogP contribution is -2.37. The van der Waals surface area contributed by atoms with Crippen LogP contribution in [0.4, 0.5) is 0 Å². The number of halogens is 1. The zero-order valence-electron chi connectivity index (χ0n) is 10.1. The third kappa shape index (κ3) is 5.74. The topological polar surface area (TPSA) is 15.3 Å². The van der Waals surface area contributed by atoms with Crippen molar-refractivity contribution in [1.29, 1.82) is 0 Å². The van der Waals surface area contributed by atoms with Gasteiger partial charge in [-0.15, -0.1) is 11.6 Å². The second-order valence-electron chi connectivity index (χ2n) is 4.87. The van der Waals surface area contributed by atoms with Gasteiger partial charge in [-0.25, -0.2) is 0 Å². The van der Waals surface area contributed by atoms with Gasteiger partial charge in [-0.05, 0) is 46.4 Å². The molecule has 0 saturated heterocycles. The first-order valence-corrected chi connectivity index (χ1v) is 6.66. The number of nitrogens with one attached hydrogen (secondary N) is 1. The van der Waals surface area contributed by atoms with Gasteiger partial charge in [0, 0.05) is 11.4 Å². The maximum atomic E-state index is 6.36. The van der Waals surface area contributed by atoms with Crippen molar-refractivity contribution in [2.45, 2.75) is 49.9 Å². The van der Waals surface area contributed by atoms with Crippen molar-refractivity contribution >= 4 is 11.6 Å². The predicted octanol–water partition coefficient (Wildman–Crippen LogP) is 2.47. The van der Waals surface area contributed by atoms with E-state index in [-0.39, 0.29) is 0 Å². The summed E-state index contributed by atoms with van der Waals surface area (Å²) < 4.78 is 0. The Bertz CT molecular complexity index is 162. The Morgan fingerprint density at radius 1 is 1.20 bits per heavy atom. The molecule has 0 aromatic heterocycles. The fraction of sp³-hybridized carbons (Fsp3) is 1.00. The zero-order chi connectivity index (χ0) is 11.1. The highest BCUT2D eigenvalue weighted by molar-refractivity contribution is 6.21. The van der Waals surface area contributed by atoms with Crippen molar-refractivity contribution in [2.24, 2.45) is 0 Å². The van der Waals surface area contributed by atoms with Gasteiger partial charge in [-0.1, -0.05) is 19.3 Å². The highest BCUT2D eigenvalue weighted by Crippen LogP contribution is 2.22. The van der Waals surface area contributed by atoms with Crippen LogP contribution in [0.15, 0.2) is 0 Å². The smallest absolute Gasteiger partial charge is 0.0489 e. The minimum Gasteiger partial charge on any atom is -0.312 e. The van der Waals surface area contributed by atoms with Crippen molar-refractivity contribution in [3.63, 3.8) is 0 Å². The molecule has 0 bridgehead atoms. The Labute approximate surface area is 99.4 Å². The van der Waals surface area contributed by atoms with Crippen LogP contribution in [0, 0.1) is 0 Å². The molecule has 1 aliphatic carbocycles. The average Bonchev–Trinajstić information content (AvgIpc) is 2.38. The Hall–Kier alpha value is 0.210. The van der Waals surface area contributed by atoms with E-state index in [1.165, 1.54) is 38.5 Å². The molecule has 2 atom stereocenters. The van der Waals surface area contributed by atoms with Crippen molar-refractivity contribution in [1.82, 2.24) is 10.2 Å². The number of alkyl halides is 1. The second kappa shape index (κ2) is 7.48. The third-order valence-corrected chi connectivity index (χ3v) is 3.64. The standard InChI is InChI=1S/C12H25ClN2/c1-15(2)10-6-9-14-12-8-5-3-4-7-11(12)13/h11-12,14H,3-10H2,1-2H3. The van der Waals surface area contributed by atoms with E-state index in [0.717, 1.165) is 13.1 Å². The summed E-state index contributed by atoms with van der Waals surface area (Å²) in [6.07, 6.45) is 7.67. The molecule has 15 heavy (non-hydrogen) atoms. The molecule has 0 aromatic carbocycles. The van der Waals surface area contributed by atoms with Crippen LogP contribution in [0.5, 0.6) is 0 Å². The molecule has 3 heteroatoms. The predicted molar refractivity (Wildman–Crippen MR) is 67.7 cm³/mol. The van der Waals surface area contributed by atoms with E-state index < -0.39 is 0 Å². The molecule has 0 aliphatic heterocycles. The van der Waals surface area contributed by atoms with Crippen molar-refractivity contribution in [3.8, 4) is 0 Å². The van der Waals surface area contributed by atoms with Gasteiger partial charge in [0.2, 0.25) is 0 Å². The van der Waals surface area contributed by atoms with Gasteiger partial charge in [0.25, 0.3) is 0 Å². The van der Waals surface area contributed by atoms with Crippen LogP contribution in [-0.2, 0) is 0 Å². The largest absolute Gasteiger partial charge is 0.312 e. The third-order valence-electron chi connectivity index (χ3n) is 3.12. The van der Waals surface area contributed by atoms with E-state index in [4.69, 9.17) is 11.6 Å². The molecule has 1 aliphatic rings. The van der Waals surface area contributed by atoms with Crippen LogP contribution >= 0.6 is 11.6 Å². The molecule has 0 aromatic rings. The van der Waals surface area contributed by atoms with E-state index in [1.807, 2.05) is 0 Å². The minimum atomic E-state index is 0.354. The van der Waals surface area contributed by atoms with Crippen molar-refractivity contribution in [2.75, 3.05) is 27.2 Å². The number of hydrogen-bond acceptors (Lipinski definition) is 2. The van der Waals surface area contributed by atoms with E-state index in [0.29, 0.717) is 11.4 Å². The molecule has 0 amide bonds. The molecular formula is C12H25ClN2. The molecule has 1 rings (SSSR count). The Balaban J connectivity index is 2.12. The van der Waals surface area contributed by atoms with Crippen LogP contribution in [0.3, 0.4) is 0 Å². The number of nitrogens with zero attached hydrogens (tertiary/aromatic N) is 1. The SMILES string of the molecule is CN(C)CCCNC1CCCCCC1Cl. The van der Waals surface area contributed by atoms with Gasteiger partial charge in [0.05, 0.1) is 0 Å².